The van der Waals surface area contributed by atoms with E-state index in [4.69, 9.17) is 21.3 Å². The molecular formula is C28H26ClN3O3S. The molecule has 184 valence electrons. The van der Waals surface area contributed by atoms with Crippen LogP contribution < -0.4 is 4.90 Å². The molecule has 0 radical (unpaired) electrons. The Bertz CT molecular complexity index is 1350. The molecule has 3 aromatic carbocycles. The number of hydrogen-bond acceptors (Lipinski definition) is 6. The first-order valence-corrected chi connectivity index (χ1v) is 13.2. The molecule has 0 aliphatic carbocycles. The minimum Gasteiger partial charge on any atom is -0.379 e. The summed E-state index contributed by atoms with van der Waals surface area (Å²) in [5, 5.41) is 1.19. The highest BCUT2D eigenvalue weighted by Gasteiger charge is 2.23. The fourth-order valence-corrected chi connectivity index (χ4v) is 5.55. The largest absolute Gasteiger partial charge is 0.379 e. The first-order chi connectivity index (χ1) is 17.6. The van der Waals surface area contributed by atoms with Gasteiger partial charge < -0.3 is 4.74 Å². The van der Waals surface area contributed by atoms with Crippen LogP contribution in [0, 0.1) is 0 Å². The summed E-state index contributed by atoms with van der Waals surface area (Å²) in [4.78, 5) is 35.3. The van der Waals surface area contributed by atoms with Gasteiger partial charge in [0.05, 0.1) is 22.9 Å². The number of benzene rings is 3. The quantitative estimate of drug-likeness (QED) is 0.286. The summed E-state index contributed by atoms with van der Waals surface area (Å²) in [6, 6.07) is 21.6. The van der Waals surface area contributed by atoms with E-state index in [-0.39, 0.29) is 11.7 Å². The number of halogens is 1. The number of amides is 1. The van der Waals surface area contributed by atoms with E-state index in [2.05, 4.69) is 4.90 Å². The minimum absolute atomic E-state index is 0.0715. The number of hydrogen-bond donors (Lipinski definition) is 0. The second kappa shape index (κ2) is 11.3. The molecule has 2 heterocycles. The van der Waals surface area contributed by atoms with E-state index in [0.29, 0.717) is 38.9 Å². The van der Waals surface area contributed by atoms with Crippen LogP contribution in [0.1, 0.15) is 32.7 Å². The van der Waals surface area contributed by atoms with Gasteiger partial charge in [-0.3, -0.25) is 19.4 Å². The molecule has 1 amide bonds. The molecular weight excluding hydrogens is 494 g/mol. The highest BCUT2D eigenvalue weighted by Crippen LogP contribution is 2.33. The third-order valence-electron chi connectivity index (χ3n) is 6.22. The number of carbonyl (C=O) groups is 2. The van der Waals surface area contributed by atoms with E-state index in [0.717, 1.165) is 44.0 Å². The highest BCUT2D eigenvalue weighted by atomic mass is 35.5. The van der Waals surface area contributed by atoms with Crippen LogP contribution in [-0.2, 0) is 4.74 Å². The van der Waals surface area contributed by atoms with Crippen molar-refractivity contribution in [2.75, 3.05) is 44.3 Å². The summed E-state index contributed by atoms with van der Waals surface area (Å²) in [7, 11) is 0. The molecule has 1 aromatic heterocycles. The average molecular weight is 520 g/mol. The van der Waals surface area contributed by atoms with Crippen molar-refractivity contribution in [1.82, 2.24) is 9.88 Å². The monoisotopic (exact) mass is 519 g/mol. The number of anilines is 1. The van der Waals surface area contributed by atoms with E-state index in [1.165, 1.54) is 11.3 Å². The Labute approximate surface area is 219 Å². The number of thiazole rings is 1. The standard InChI is InChI=1S/C28H26ClN3O3S/c29-23-8-4-9-24-25(23)30-28(36-24)32(15-5-14-31-16-18-35-19-17-31)27(34)22-12-10-21(11-13-22)26(33)20-6-2-1-3-7-20/h1-4,6-13H,5,14-19H2. The molecule has 6 nitrogen and oxygen atoms in total. The SMILES string of the molecule is O=C(c1ccccc1)c1ccc(C(=O)N(CCCN2CCOCC2)c2nc3c(Cl)cccc3s2)cc1. The van der Waals surface area contributed by atoms with Crippen molar-refractivity contribution < 1.29 is 14.3 Å². The maximum Gasteiger partial charge on any atom is 0.260 e. The van der Waals surface area contributed by atoms with Crippen molar-refractivity contribution in [2.24, 2.45) is 0 Å². The van der Waals surface area contributed by atoms with Gasteiger partial charge in [-0.1, -0.05) is 71.5 Å². The predicted molar refractivity (Wildman–Crippen MR) is 144 cm³/mol. The molecule has 5 rings (SSSR count). The Balaban J connectivity index is 1.38. The fourth-order valence-electron chi connectivity index (χ4n) is 4.26. The number of morpholine rings is 1. The molecule has 1 saturated heterocycles. The number of ether oxygens (including phenoxy) is 1. The van der Waals surface area contributed by atoms with Crippen LogP contribution in [0.5, 0.6) is 0 Å². The number of fused-ring (bicyclic) bond motifs is 1. The first-order valence-electron chi connectivity index (χ1n) is 12.0. The zero-order valence-electron chi connectivity index (χ0n) is 19.7. The van der Waals surface area contributed by atoms with Gasteiger partial charge in [0.25, 0.3) is 5.91 Å². The van der Waals surface area contributed by atoms with E-state index >= 15 is 0 Å². The molecule has 0 atom stereocenters. The van der Waals surface area contributed by atoms with Crippen molar-refractivity contribution in [3.05, 3.63) is 94.5 Å². The van der Waals surface area contributed by atoms with Crippen molar-refractivity contribution in [1.29, 1.82) is 0 Å². The molecule has 8 heteroatoms. The Morgan fingerprint density at radius 3 is 2.33 bits per heavy atom. The van der Waals surface area contributed by atoms with E-state index in [1.807, 2.05) is 30.3 Å². The molecule has 4 aromatic rings. The smallest absolute Gasteiger partial charge is 0.260 e. The van der Waals surface area contributed by atoms with Crippen LogP contribution in [0.15, 0.2) is 72.8 Å². The van der Waals surface area contributed by atoms with Gasteiger partial charge in [0.1, 0.15) is 5.52 Å². The van der Waals surface area contributed by atoms with Crippen LogP contribution in [0.4, 0.5) is 5.13 Å². The zero-order valence-corrected chi connectivity index (χ0v) is 21.3. The van der Waals surface area contributed by atoms with Crippen molar-refractivity contribution in [3.63, 3.8) is 0 Å². The van der Waals surface area contributed by atoms with Crippen molar-refractivity contribution >= 4 is 50.0 Å². The zero-order chi connectivity index (χ0) is 24.9. The number of carbonyl (C=O) groups excluding carboxylic acids is 2. The lowest BCUT2D eigenvalue weighted by Crippen LogP contribution is -2.39. The lowest BCUT2D eigenvalue weighted by molar-refractivity contribution is 0.0376. The average Bonchev–Trinajstić information content (AvgIpc) is 3.37. The molecule has 0 bridgehead atoms. The molecule has 1 fully saturated rings. The van der Waals surface area contributed by atoms with Gasteiger partial charge in [0.2, 0.25) is 0 Å². The highest BCUT2D eigenvalue weighted by molar-refractivity contribution is 7.22. The number of rotatable bonds is 8. The Hall–Kier alpha value is -3.10. The lowest BCUT2D eigenvalue weighted by Gasteiger charge is -2.27. The summed E-state index contributed by atoms with van der Waals surface area (Å²) >= 11 is 7.82. The van der Waals surface area contributed by atoms with Gasteiger partial charge in [0.15, 0.2) is 10.9 Å². The summed E-state index contributed by atoms with van der Waals surface area (Å²) in [6.07, 6.45) is 0.806. The molecule has 0 unspecified atom stereocenters. The normalized spacial score (nSPS) is 14.1. The van der Waals surface area contributed by atoms with Crippen LogP contribution in [0.3, 0.4) is 0 Å². The molecule has 1 aliphatic rings. The van der Waals surface area contributed by atoms with Crippen LogP contribution in [0.25, 0.3) is 10.2 Å². The van der Waals surface area contributed by atoms with E-state index < -0.39 is 0 Å². The van der Waals surface area contributed by atoms with E-state index in [1.54, 1.807) is 47.4 Å². The Morgan fingerprint density at radius 1 is 0.917 bits per heavy atom. The molecule has 0 N–H and O–H groups in total. The number of para-hydroxylation sites is 1. The second-order valence-electron chi connectivity index (χ2n) is 8.62. The maximum atomic E-state index is 13.7. The Morgan fingerprint density at radius 2 is 1.61 bits per heavy atom. The summed E-state index contributed by atoms with van der Waals surface area (Å²) in [5.41, 5.74) is 2.38. The van der Waals surface area contributed by atoms with Crippen molar-refractivity contribution in [3.8, 4) is 0 Å². The topological polar surface area (TPSA) is 62.7 Å². The number of nitrogens with zero attached hydrogens (tertiary/aromatic N) is 3. The minimum atomic E-state index is -0.147. The number of aromatic nitrogens is 1. The van der Waals surface area contributed by atoms with Gasteiger partial charge in [-0.2, -0.15) is 0 Å². The number of ketones is 1. The third-order valence-corrected chi connectivity index (χ3v) is 7.57. The van der Waals surface area contributed by atoms with E-state index in [9.17, 15) is 9.59 Å². The van der Waals surface area contributed by atoms with Gasteiger partial charge in [-0.15, -0.1) is 0 Å². The van der Waals surface area contributed by atoms with Crippen LogP contribution in [-0.4, -0.2) is 61.0 Å². The molecule has 0 spiro atoms. The van der Waals surface area contributed by atoms with Gasteiger partial charge in [-0.05, 0) is 30.7 Å². The molecule has 0 saturated carbocycles. The van der Waals surface area contributed by atoms with Crippen LogP contribution >= 0.6 is 22.9 Å². The van der Waals surface area contributed by atoms with Crippen molar-refractivity contribution in [2.45, 2.75) is 6.42 Å². The first kappa shape index (κ1) is 24.6. The Kier molecular flexibility index (Phi) is 7.72. The fraction of sp³-hybridized carbons (Fsp3) is 0.250. The van der Waals surface area contributed by atoms with Gasteiger partial charge >= 0.3 is 0 Å². The summed E-state index contributed by atoms with van der Waals surface area (Å²) in [6.45, 7) is 4.70. The predicted octanol–water partition coefficient (Wildman–Crippen LogP) is 5.55. The summed E-state index contributed by atoms with van der Waals surface area (Å²) in [5.74, 6) is -0.219. The lowest BCUT2D eigenvalue weighted by atomic mass is 10.0. The van der Waals surface area contributed by atoms with Gasteiger partial charge in [-0.25, -0.2) is 4.98 Å². The maximum absolute atomic E-state index is 13.7. The molecule has 36 heavy (non-hydrogen) atoms. The summed E-state index contributed by atoms with van der Waals surface area (Å²) < 4.78 is 6.38. The molecule has 1 aliphatic heterocycles. The second-order valence-corrected chi connectivity index (χ2v) is 10.0. The van der Waals surface area contributed by atoms with Crippen LogP contribution in [0.2, 0.25) is 5.02 Å². The third kappa shape index (κ3) is 5.50. The van der Waals surface area contributed by atoms with Gasteiger partial charge in [0, 0.05) is 42.9 Å².